The maximum Gasteiger partial charge on any atom is 0.261 e. The van der Waals surface area contributed by atoms with Crippen LogP contribution in [0.1, 0.15) is 0 Å². The lowest BCUT2D eigenvalue weighted by Crippen LogP contribution is -2.48. The van der Waals surface area contributed by atoms with Gasteiger partial charge in [0.2, 0.25) is 0 Å². The number of carbonyl (C=O) groups is 1. The number of carbonyl (C=O) groups excluding carboxylic acids is 1. The summed E-state index contributed by atoms with van der Waals surface area (Å²) < 4.78 is 38.2. The van der Waals surface area contributed by atoms with Gasteiger partial charge >= 0.3 is 0 Å². The van der Waals surface area contributed by atoms with Crippen molar-refractivity contribution in [3.8, 4) is 11.5 Å². The molecule has 0 aromatic heterocycles. The molecule has 1 saturated heterocycles. The lowest BCUT2D eigenvalue weighted by atomic mass is 10.3. The van der Waals surface area contributed by atoms with Gasteiger partial charge in [-0.25, -0.2) is 8.42 Å². The Labute approximate surface area is 181 Å². The molecular weight excluding hydrogens is 430 g/mol. The van der Waals surface area contributed by atoms with E-state index < -0.39 is 10.0 Å². The molecule has 1 aliphatic heterocycles. The van der Waals surface area contributed by atoms with E-state index in [9.17, 15) is 13.2 Å². The zero-order valence-electron chi connectivity index (χ0n) is 16.8. The fourth-order valence-corrected chi connectivity index (χ4v) is 4.26. The van der Waals surface area contributed by atoms with E-state index in [1.807, 2.05) is 7.05 Å². The van der Waals surface area contributed by atoms with Crippen LogP contribution in [0.5, 0.6) is 11.5 Å². The molecule has 1 amide bonds. The second-order valence-electron chi connectivity index (χ2n) is 6.90. The molecule has 30 heavy (non-hydrogen) atoms. The minimum atomic E-state index is -3.80. The molecule has 0 saturated carbocycles. The van der Waals surface area contributed by atoms with Crippen molar-refractivity contribution in [2.24, 2.45) is 0 Å². The monoisotopic (exact) mass is 453 g/mol. The number of nitrogens with one attached hydrogen (secondary N) is 1. The molecule has 8 nitrogen and oxygen atoms in total. The summed E-state index contributed by atoms with van der Waals surface area (Å²) in [6, 6.07) is 10.5. The lowest BCUT2D eigenvalue weighted by Gasteiger charge is -2.32. The Bertz CT molecular complexity index is 990. The fourth-order valence-electron chi connectivity index (χ4n) is 2.95. The lowest BCUT2D eigenvalue weighted by molar-refractivity contribution is -0.134. The number of methoxy groups -OCH3 is 1. The smallest absolute Gasteiger partial charge is 0.261 e. The Hall–Kier alpha value is -2.49. The molecular formula is C20H24ClN3O5S. The van der Waals surface area contributed by atoms with Gasteiger partial charge in [0.15, 0.2) is 6.61 Å². The number of hydrogen-bond donors (Lipinski definition) is 1. The number of rotatable bonds is 7. The summed E-state index contributed by atoms with van der Waals surface area (Å²) in [6.45, 7) is 2.95. The van der Waals surface area contributed by atoms with Crippen LogP contribution in [0.4, 0.5) is 5.69 Å². The number of sulfonamides is 1. The van der Waals surface area contributed by atoms with Crippen LogP contribution in [0.2, 0.25) is 5.02 Å². The standard InChI is InChI=1S/C20H24ClN3O5S/c1-23-9-11-24(12-10-23)20(25)14-29-16-4-6-17(7-5-16)30(26,27)22-15-3-8-19(28-2)18(21)13-15/h3-8,13,22H,9-12,14H2,1-2H3. The largest absolute Gasteiger partial charge is 0.495 e. The Kier molecular flexibility index (Phi) is 7.06. The Balaban J connectivity index is 1.59. The average Bonchev–Trinajstić information content (AvgIpc) is 2.73. The molecule has 0 atom stereocenters. The highest BCUT2D eigenvalue weighted by atomic mass is 35.5. The van der Waals surface area contributed by atoms with Crippen molar-refractivity contribution in [1.82, 2.24) is 9.80 Å². The first-order valence-corrected chi connectivity index (χ1v) is 11.2. The van der Waals surface area contributed by atoms with Gasteiger partial charge in [-0.05, 0) is 49.5 Å². The quantitative estimate of drug-likeness (QED) is 0.692. The van der Waals surface area contributed by atoms with Crippen LogP contribution in [-0.2, 0) is 14.8 Å². The van der Waals surface area contributed by atoms with Crippen molar-refractivity contribution in [3.05, 3.63) is 47.5 Å². The van der Waals surface area contributed by atoms with Gasteiger partial charge in [0, 0.05) is 26.2 Å². The van der Waals surface area contributed by atoms with E-state index in [2.05, 4.69) is 9.62 Å². The zero-order valence-corrected chi connectivity index (χ0v) is 18.4. The molecule has 2 aromatic carbocycles. The third-order valence-electron chi connectivity index (χ3n) is 4.76. The highest BCUT2D eigenvalue weighted by Crippen LogP contribution is 2.28. The first kappa shape index (κ1) is 22.2. The summed E-state index contributed by atoms with van der Waals surface area (Å²) in [5.41, 5.74) is 0.318. The van der Waals surface area contributed by atoms with E-state index in [-0.39, 0.29) is 17.4 Å². The summed E-state index contributed by atoms with van der Waals surface area (Å²) in [6.07, 6.45) is 0. The van der Waals surface area contributed by atoms with Crippen molar-refractivity contribution in [2.45, 2.75) is 4.90 Å². The molecule has 1 heterocycles. The zero-order chi connectivity index (χ0) is 21.7. The van der Waals surface area contributed by atoms with Crippen molar-refractivity contribution >= 4 is 33.2 Å². The van der Waals surface area contributed by atoms with Gasteiger partial charge in [0.05, 0.1) is 22.7 Å². The summed E-state index contributed by atoms with van der Waals surface area (Å²) in [7, 11) is -0.305. The number of ether oxygens (including phenoxy) is 2. The van der Waals surface area contributed by atoms with Gasteiger partial charge in [-0.15, -0.1) is 0 Å². The SMILES string of the molecule is COc1ccc(NS(=O)(=O)c2ccc(OCC(=O)N3CCN(C)CC3)cc2)cc1Cl. The molecule has 3 rings (SSSR count). The van der Waals surface area contributed by atoms with Crippen LogP contribution in [0.3, 0.4) is 0 Å². The summed E-state index contributed by atoms with van der Waals surface area (Å²) in [5.74, 6) is 0.786. The second-order valence-corrected chi connectivity index (χ2v) is 8.99. The number of amides is 1. The normalized spacial score (nSPS) is 15.0. The van der Waals surface area contributed by atoms with E-state index >= 15 is 0 Å². The third-order valence-corrected chi connectivity index (χ3v) is 6.45. The van der Waals surface area contributed by atoms with Crippen LogP contribution in [0.15, 0.2) is 47.4 Å². The van der Waals surface area contributed by atoms with Crippen LogP contribution >= 0.6 is 11.6 Å². The van der Waals surface area contributed by atoms with Crippen molar-refractivity contribution in [2.75, 3.05) is 51.7 Å². The molecule has 2 aromatic rings. The van der Waals surface area contributed by atoms with E-state index in [0.29, 0.717) is 35.3 Å². The van der Waals surface area contributed by atoms with Crippen molar-refractivity contribution < 1.29 is 22.7 Å². The molecule has 162 valence electrons. The third kappa shape index (κ3) is 5.56. The Morgan fingerprint density at radius 2 is 1.77 bits per heavy atom. The van der Waals surface area contributed by atoms with Gasteiger partial charge in [-0.1, -0.05) is 11.6 Å². The Morgan fingerprint density at radius 3 is 2.37 bits per heavy atom. The minimum Gasteiger partial charge on any atom is -0.495 e. The number of benzene rings is 2. The number of nitrogens with zero attached hydrogens (tertiary/aromatic N) is 2. The van der Waals surface area contributed by atoms with Gasteiger partial charge in [0.1, 0.15) is 11.5 Å². The molecule has 10 heteroatoms. The molecule has 0 radical (unpaired) electrons. The average molecular weight is 454 g/mol. The van der Waals surface area contributed by atoms with Gasteiger partial charge in [-0.3, -0.25) is 9.52 Å². The number of piperazine rings is 1. The van der Waals surface area contributed by atoms with Gasteiger partial charge in [0.25, 0.3) is 15.9 Å². The molecule has 1 fully saturated rings. The van der Waals surface area contributed by atoms with Crippen LogP contribution < -0.4 is 14.2 Å². The topological polar surface area (TPSA) is 88.2 Å². The molecule has 1 N–H and O–H groups in total. The fraction of sp³-hybridized carbons (Fsp3) is 0.350. The Morgan fingerprint density at radius 1 is 1.10 bits per heavy atom. The summed E-state index contributed by atoms with van der Waals surface area (Å²) in [5, 5.41) is 0.298. The summed E-state index contributed by atoms with van der Waals surface area (Å²) in [4.78, 5) is 16.2. The minimum absolute atomic E-state index is 0.0622. The number of anilines is 1. The van der Waals surface area contributed by atoms with E-state index in [1.54, 1.807) is 17.0 Å². The van der Waals surface area contributed by atoms with E-state index in [1.165, 1.54) is 37.4 Å². The van der Waals surface area contributed by atoms with Crippen LogP contribution in [-0.4, -0.2) is 71.1 Å². The molecule has 0 aliphatic carbocycles. The van der Waals surface area contributed by atoms with E-state index in [0.717, 1.165) is 13.1 Å². The number of halogens is 1. The molecule has 0 unspecified atom stereocenters. The highest BCUT2D eigenvalue weighted by Gasteiger charge is 2.20. The number of likely N-dealkylation sites (N-methyl/N-ethyl adjacent to an activating group) is 1. The van der Waals surface area contributed by atoms with E-state index in [4.69, 9.17) is 21.1 Å². The predicted molar refractivity (Wildman–Crippen MR) is 115 cm³/mol. The van der Waals surface area contributed by atoms with Crippen LogP contribution in [0.25, 0.3) is 0 Å². The second kappa shape index (κ2) is 9.55. The highest BCUT2D eigenvalue weighted by molar-refractivity contribution is 7.92. The van der Waals surface area contributed by atoms with Crippen molar-refractivity contribution in [1.29, 1.82) is 0 Å². The first-order valence-electron chi connectivity index (χ1n) is 9.34. The maximum absolute atomic E-state index is 12.6. The molecule has 1 aliphatic rings. The number of hydrogen-bond acceptors (Lipinski definition) is 6. The van der Waals surface area contributed by atoms with Crippen LogP contribution in [0, 0.1) is 0 Å². The maximum atomic E-state index is 12.6. The summed E-state index contributed by atoms with van der Waals surface area (Å²) >= 11 is 6.04. The molecule has 0 bridgehead atoms. The first-order chi connectivity index (χ1) is 14.3. The molecule has 0 spiro atoms. The van der Waals surface area contributed by atoms with Gasteiger partial charge < -0.3 is 19.3 Å². The van der Waals surface area contributed by atoms with Crippen molar-refractivity contribution in [3.63, 3.8) is 0 Å². The predicted octanol–water partition coefficient (Wildman–Crippen LogP) is 2.30. The van der Waals surface area contributed by atoms with Gasteiger partial charge in [-0.2, -0.15) is 0 Å².